The molecule has 0 bridgehead atoms. The van der Waals surface area contributed by atoms with Crippen LogP contribution in [0.15, 0.2) is 71.3 Å². The highest BCUT2D eigenvalue weighted by atomic mass is 19.4. The van der Waals surface area contributed by atoms with E-state index in [9.17, 15) is 18.0 Å². The number of alkyl halides is 3. The van der Waals surface area contributed by atoms with Gasteiger partial charge in [-0.2, -0.15) is 13.2 Å². The van der Waals surface area contributed by atoms with E-state index in [4.69, 9.17) is 4.42 Å². The number of carbonyl (C=O) groups excluding carboxylic acids is 1. The molecular weight excluding hydrogens is 409 g/mol. The standard InChI is InChI=1S/C22H17F3N4O2/c23-22(24,25)15-6-3-5-14(11-15)12-26-20-16-7-1-2-8-17(16)28-19(29-20)13-27-21(30)18-9-4-10-31-18/h1-11H,12-13H2,(H,27,30)(H,26,28,29). The van der Waals surface area contributed by atoms with Crippen LogP contribution in [0.1, 0.15) is 27.5 Å². The van der Waals surface area contributed by atoms with Gasteiger partial charge in [-0.05, 0) is 42.0 Å². The van der Waals surface area contributed by atoms with Crippen LogP contribution in [0.3, 0.4) is 0 Å². The fraction of sp³-hybridized carbons (Fsp3) is 0.136. The first-order valence-corrected chi connectivity index (χ1v) is 9.37. The van der Waals surface area contributed by atoms with Gasteiger partial charge in [0, 0.05) is 11.9 Å². The van der Waals surface area contributed by atoms with Crippen LogP contribution in [0.25, 0.3) is 10.9 Å². The summed E-state index contributed by atoms with van der Waals surface area (Å²) in [4.78, 5) is 21.0. The number of para-hydroxylation sites is 1. The van der Waals surface area contributed by atoms with Gasteiger partial charge in [-0.25, -0.2) is 9.97 Å². The number of rotatable bonds is 6. The normalized spacial score (nSPS) is 11.5. The van der Waals surface area contributed by atoms with Crippen molar-refractivity contribution in [2.24, 2.45) is 0 Å². The molecule has 1 amide bonds. The topological polar surface area (TPSA) is 80.0 Å². The molecule has 0 spiro atoms. The highest BCUT2D eigenvalue weighted by Gasteiger charge is 2.30. The van der Waals surface area contributed by atoms with Crippen LogP contribution < -0.4 is 10.6 Å². The average molecular weight is 426 g/mol. The van der Waals surface area contributed by atoms with Crippen LogP contribution in [0.5, 0.6) is 0 Å². The summed E-state index contributed by atoms with van der Waals surface area (Å²) in [5, 5.41) is 6.49. The third-order valence-electron chi connectivity index (χ3n) is 4.52. The van der Waals surface area contributed by atoms with E-state index in [1.54, 1.807) is 24.3 Å². The number of benzene rings is 2. The van der Waals surface area contributed by atoms with E-state index in [0.29, 0.717) is 22.7 Å². The Labute approximate surface area is 175 Å². The van der Waals surface area contributed by atoms with E-state index in [1.807, 2.05) is 18.2 Å². The van der Waals surface area contributed by atoms with Crippen molar-refractivity contribution in [1.29, 1.82) is 0 Å². The molecule has 0 aliphatic rings. The van der Waals surface area contributed by atoms with Crippen LogP contribution in [0.2, 0.25) is 0 Å². The maximum absolute atomic E-state index is 13.0. The summed E-state index contributed by atoms with van der Waals surface area (Å²) < 4.78 is 43.9. The number of hydrogen-bond acceptors (Lipinski definition) is 5. The van der Waals surface area contributed by atoms with Crippen LogP contribution in [-0.4, -0.2) is 15.9 Å². The first-order chi connectivity index (χ1) is 14.9. The maximum Gasteiger partial charge on any atom is 0.416 e. The molecule has 2 aromatic heterocycles. The van der Waals surface area contributed by atoms with Gasteiger partial charge in [-0.1, -0.05) is 24.3 Å². The smallest absolute Gasteiger partial charge is 0.416 e. The predicted octanol–water partition coefficient (Wildman–Crippen LogP) is 4.78. The highest BCUT2D eigenvalue weighted by molar-refractivity contribution is 5.91. The molecule has 9 heteroatoms. The van der Waals surface area contributed by atoms with Gasteiger partial charge in [0.05, 0.1) is 23.9 Å². The van der Waals surface area contributed by atoms with Gasteiger partial charge in [0.1, 0.15) is 5.82 Å². The van der Waals surface area contributed by atoms with Crippen molar-refractivity contribution in [3.05, 3.63) is 89.6 Å². The van der Waals surface area contributed by atoms with Crippen molar-refractivity contribution >= 4 is 22.6 Å². The number of nitrogens with zero attached hydrogens (tertiary/aromatic N) is 2. The van der Waals surface area contributed by atoms with Gasteiger partial charge in [-0.3, -0.25) is 4.79 Å². The molecule has 0 saturated carbocycles. The van der Waals surface area contributed by atoms with Crippen LogP contribution >= 0.6 is 0 Å². The average Bonchev–Trinajstić information content (AvgIpc) is 3.30. The van der Waals surface area contributed by atoms with Gasteiger partial charge in [0.25, 0.3) is 5.91 Å². The molecule has 2 N–H and O–H groups in total. The Balaban J connectivity index is 1.55. The molecule has 0 atom stereocenters. The number of hydrogen-bond donors (Lipinski definition) is 2. The number of fused-ring (bicyclic) bond motifs is 1. The number of carbonyl (C=O) groups is 1. The van der Waals surface area contributed by atoms with Crippen molar-refractivity contribution in [2.75, 3.05) is 5.32 Å². The van der Waals surface area contributed by atoms with Crippen LogP contribution in [0, 0.1) is 0 Å². The minimum Gasteiger partial charge on any atom is -0.459 e. The first kappa shape index (κ1) is 20.4. The van der Waals surface area contributed by atoms with E-state index >= 15 is 0 Å². The van der Waals surface area contributed by atoms with Crippen molar-refractivity contribution < 1.29 is 22.4 Å². The molecule has 0 aliphatic heterocycles. The fourth-order valence-electron chi connectivity index (χ4n) is 3.04. The van der Waals surface area contributed by atoms with Crippen molar-refractivity contribution in [1.82, 2.24) is 15.3 Å². The molecule has 4 rings (SSSR count). The van der Waals surface area contributed by atoms with Gasteiger partial charge >= 0.3 is 6.18 Å². The molecule has 2 aromatic carbocycles. The summed E-state index contributed by atoms with van der Waals surface area (Å²) in [6.07, 6.45) is -3.01. The second-order valence-electron chi connectivity index (χ2n) is 6.72. The zero-order valence-corrected chi connectivity index (χ0v) is 16.1. The quantitative estimate of drug-likeness (QED) is 0.464. The Kier molecular flexibility index (Phi) is 5.57. The zero-order valence-electron chi connectivity index (χ0n) is 16.1. The van der Waals surface area contributed by atoms with Gasteiger partial charge in [-0.15, -0.1) is 0 Å². The Hall–Kier alpha value is -3.88. The number of amides is 1. The van der Waals surface area contributed by atoms with Gasteiger partial charge in [0.2, 0.25) is 0 Å². The zero-order chi connectivity index (χ0) is 21.8. The summed E-state index contributed by atoms with van der Waals surface area (Å²) in [7, 11) is 0. The number of nitrogens with one attached hydrogen (secondary N) is 2. The van der Waals surface area contributed by atoms with Crippen LogP contribution in [-0.2, 0) is 19.3 Å². The highest BCUT2D eigenvalue weighted by Crippen LogP contribution is 2.30. The number of anilines is 1. The Morgan fingerprint density at radius 3 is 2.58 bits per heavy atom. The van der Waals surface area contributed by atoms with E-state index in [1.165, 1.54) is 12.3 Å². The number of furan rings is 1. The molecule has 0 saturated heterocycles. The molecular formula is C22H17F3N4O2. The minimum atomic E-state index is -4.41. The van der Waals surface area contributed by atoms with Crippen LogP contribution in [0.4, 0.5) is 19.0 Å². The molecule has 31 heavy (non-hydrogen) atoms. The van der Waals surface area contributed by atoms with Gasteiger partial charge in [0.15, 0.2) is 11.6 Å². The lowest BCUT2D eigenvalue weighted by molar-refractivity contribution is -0.137. The largest absolute Gasteiger partial charge is 0.459 e. The predicted molar refractivity (Wildman–Crippen MR) is 108 cm³/mol. The first-order valence-electron chi connectivity index (χ1n) is 9.37. The minimum absolute atomic E-state index is 0.0581. The molecule has 2 heterocycles. The van der Waals surface area contributed by atoms with E-state index in [2.05, 4.69) is 20.6 Å². The third-order valence-corrected chi connectivity index (χ3v) is 4.52. The summed E-state index contributed by atoms with van der Waals surface area (Å²) in [5.74, 6) is 0.583. The Bertz CT molecular complexity index is 1210. The summed E-state index contributed by atoms with van der Waals surface area (Å²) in [6, 6.07) is 15.5. The number of halogens is 3. The molecule has 0 unspecified atom stereocenters. The summed E-state index contributed by atoms with van der Waals surface area (Å²) >= 11 is 0. The van der Waals surface area contributed by atoms with Crippen molar-refractivity contribution in [2.45, 2.75) is 19.3 Å². The summed E-state index contributed by atoms with van der Waals surface area (Å²) in [5.41, 5.74) is 0.400. The van der Waals surface area contributed by atoms with E-state index in [-0.39, 0.29) is 18.8 Å². The lowest BCUT2D eigenvalue weighted by atomic mass is 10.1. The lowest BCUT2D eigenvalue weighted by Crippen LogP contribution is -2.23. The summed E-state index contributed by atoms with van der Waals surface area (Å²) in [6.45, 7) is 0.200. The molecule has 158 valence electrons. The van der Waals surface area contributed by atoms with Crippen molar-refractivity contribution in [3.63, 3.8) is 0 Å². The van der Waals surface area contributed by atoms with E-state index < -0.39 is 17.6 Å². The second-order valence-corrected chi connectivity index (χ2v) is 6.72. The fourth-order valence-corrected chi connectivity index (χ4v) is 3.04. The van der Waals surface area contributed by atoms with Gasteiger partial charge < -0.3 is 15.1 Å². The number of aromatic nitrogens is 2. The Morgan fingerprint density at radius 2 is 1.81 bits per heavy atom. The van der Waals surface area contributed by atoms with Crippen molar-refractivity contribution in [3.8, 4) is 0 Å². The molecule has 0 aliphatic carbocycles. The third kappa shape index (κ3) is 4.82. The van der Waals surface area contributed by atoms with E-state index in [0.717, 1.165) is 17.5 Å². The second kappa shape index (κ2) is 8.47. The monoisotopic (exact) mass is 426 g/mol. The molecule has 0 radical (unpaired) electrons. The molecule has 4 aromatic rings. The molecule has 0 fully saturated rings. The SMILES string of the molecule is O=C(NCc1nc(NCc2cccc(C(F)(F)F)c2)c2ccccc2n1)c1ccco1. The Morgan fingerprint density at radius 1 is 0.968 bits per heavy atom. The lowest BCUT2D eigenvalue weighted by Gasteiger charge is -2.12. The molecule has 6 nitrogen and oxygen atoms in total. The maximum atomic E-state index is 13.0.